The van der Waals surface area contributed by atoms with Crippen molar-refractivity contribution in [1.82, 2.24) is 4.90 Å². The summed E-state index contributed by atoms with van der Waals surface area (Å²) in [5, 5.41) is 0. The van der Waals surface area contributed by atoms with Crippen molar-refractivity contribution in [3.05, 3.63) is 12.7 Å². The molecule has 1 amide bonds. The molecular formula is C11H20N2O4. The van der Waals surface area contributed by atoms with E-state index in [1.807, 2.05) is 0 Å². The summed E-state index contributed by atoms with van der Waals surface area (Å²) in [5.41, 5.74) is 4.64. The molecule has 0 radical (unpaired) electrons. The van der Waals surface area contributed by atoms with E-state index in [0.29, 0.717) is 13.0 Å². The third-order valence-corrected chi connectivity index (χ3v) is 2.25. The van der Waals surface area contributed by atoms with E-state index in [4.69, 9.17) is 10.5 Å². The van der Waals surface area contributed by atoms with Gasteiger partial charge in [-0.1, -0.05) is 12.7 Å². The first-order valence-corrected chi connectivity index (χ1v) is 5.21. The van der Waals surface area contributed by atoms with Crippen molar-refractivity contribution in [1.29, 1.82) is 0 Å². The molecule has 1 atom stereocenters. The number of amides is 1. The molecule has 0 aromatic carbocycles. The zero-order valence-electron chi connectivity index (χ0n) is 10.6. The Labute approximate surface area is 101 Å². The fraction of sp³-hybridized carbons (Fsp3) is 0.636. The Morgan fingerprint density at radius 3 is 2.59 bits per heavy atom. The maximum Gasteiger partial charge on any atom is 0.409 e. The van der Waals surface area contributed by atoms with Crippen LogP contribution in [0.4, 0.5) is 4.79 Å². The second kappa shape index (κ2) is 6.90. The Hall–Kier alpha value is -1.56. The third kappa shape index (κ3) is 5.35. The molecule has 0 aliphatic rings. The van der Waals surface area contributed by atoms with Crippen LogP contribution >= 0.6 is 0 Å². The minimum Gasteiger partial charge on any atom is -0.468 e. The molecular weight excluding hydrogens is 224 g/mol. The lowest BCUT2D eigenvalue weighted by molar-refractivity contribution is -0.146. The molecule has 6 heteroatoms. The molecule has 0 aliphatic heterocycles. The minimum atomic E-state index is -1.11. The molecule has 0 spiro atoms. The zero-order chi connectivity index (χ0) is 13.5. The van der Waals surface area contributed by atoms with Gasteiger partial charge < -0.3 is 20.1 Å². The van der Waals surface area contributed by atoms with Gasteiger partial charge in [0.2, 0.25) is 0 Å². The van der Waals surface area contributed by atoms with Crippen LogP contribution < -0.4 is 5.73 Å². The van der Waals surface area contributed by atoms with Crippen LogP contribution in [-0.2, 0) is 14.3 Å². The lowest BCUT2D eigenvalue weighted by atomic mass is 9.99. The number of nitrogens with two attached hydrogens (primary N) is 1. The van der Waals surface area contributed by atoms with Crippen molar-refractivity contribution in [3.8, 4) is 0 Å². The summed E-state index contributed by atoms with van der Waals surface area (Å²) < 4.78 is 9.38. The Morgan fingerprint density at radius 2 is 2.12 bits per heavy atom. The van der Waals surface area contributed by atoms with Crippen molar-refractivity contribution in [3.63, 3.8) is 0 Å². The number of methoxy groups -OCH3 is 1. The maximum absolute atomic E-state index is 11.4. The van der Waals surface area contributed by atoms with E-state index in [-0.39, 0.29) is 6.61 Å². The Kier molecular flexibility index (Phi) is 6.27. The predicted octanol–water partition coefficient (Wildman–Crippen LogP) is 0.521. The molecule has 0 heterocycles. The van der Waals surface area contributed by atoms with Gasteiger partial charge in [0.25, 0.3) is 0 Å². The number of hydrogen-bond acceptors (Lipinski definition) is 5. The van der Waals surface area contributed by atoms with E-state index in [1.54, 1.807) is 14.0 Å². The zero-order valence-corrected chi connectivity index (χ0v) is 10.6. The summed E-state index contributed by atoms with van der Waals surface area (Å²) in [6.07, 6.45) is 1.29. The van der Waals surface area contributed by atoms with Gasteiger partial charge in [-0.25, -0.2) is 4.79 Å². The van der Waals surface area contributed by atoms with Crippen LogP contribution in [0.3, 0.4) is 0 Å². The summed E-state index contributed by atoms with van der Waals surface area (Å²) in [6.45, 7) is 5.45. The Morgan fingerprint density at radius 1 is 1.53 bits per heavy atom. The highest BCUT2D eigenvalue weighted by atomic mass is 16.6. The molecule has 0 rings (SSSR count). The Balaban J connectivity index is 4.14. The summed E-state index contributed by atoms with van der Waals surface area (Å²) in [7, 11) is 2.84. The van der Waals surface area contributed by atoms with Crippen LogP contribution in [0.5, 0.6) is 0 Å². The van der Waals surface area contributed by atoms with Gasteiger partial charge in [0.1, 0.15) is 12.1 Å². The highest BCUT2D eigenvalue weighted by Crippen LogP contribution is 2.09. The van der Waals surface area contributed by atoms with Crippen molar-refractivity contribution < 1.29 is 19.1 Å². The second-order valence-corrected chi connectivity index (χ2v) is 3.95. The van der Waals surface area contributed by atoms with Crippen LogP contribution in [0.15, 0.2) is 12.7 Å². The number of esters is 1. The summed E-state index contributed by atoms with van der Waals surface area (Å²) in [6, 6.07) is 0. The van der Waals surface area contributed by atoms with Crippen LogP contribution in [0.1, 0.15) is 13.3 Å². The monoisotopic (exact) mass is 244 g/mol. The van der Waals surface area contributed by atoms with Gasteiger partial charge in [-0.15, -0.1) is 0 Å². The largest absolute Gasteiger partial charge is 0.468 e. The number of rotatable bonds is 6. The van der Waals surface area contributed by atoms with Crippen LogP contribution in [-0.4, -0.2) is 49.8 Å². The fourth-order valence-corrected chi connectivity index (χ4v) is 1.07. The quantitative estimate of drug-likeness (QED) is 0.544. The molecule has 98 valence electrons. The average molecular weight is 244 g/mol. The van der Waals surface area contributed by atoms with Gasteiger partial charge in [-0.05, 0) is 13.3 Å². The van der Waals surface area contributed by atoms with Gasteiger partial charge in [0.15, 0.2) is 0 Å². The molecule has 0 aliphatic carbocycles. The molecule has 0 unspecified atom stereocenters. The normalized spacial score (nSPS) is 13.4. The number of carbonyl (C=O) groups is 2. The maximum atomic E-state index is 11.4. The number of carbonyl (C=O) groups excluding carboxylic acids is 2. The van der Waals surface area contributed by atoms with E-state index < -0.39 is 17.6 Å². The third-order valence-electron chi connectivity index (χ3n) is 2.25. The lowest BCUT2D eigenvalue weighted by Crippen LogP contribution is -2.48. The first-order chi connectivity index (χ1) is 7.85. The van der Waals surface area contributed by atoms with E-state index in [1.165, 1.54) is 18.1 Å². The van der Waals surface area contributed by atoms with Crippen molar-refractivity contribution in [2.24, 2.45) is 5.73 Å². The van der Waals surface area contributed by atoms with Crippen molar-refractivity contribution in [2.45, 2.75) is 18.9 Å². The first-order valence-electron chi connectivity index (χ1n) is 5.21. The smallest absolute Gasteiger partial charge is 0.409 e. The first kappa shape index (κ1) is 15.4. The van der Waals surface area contributed by atoms with E-state index in [2.05, 4.69) is 11.3 Å². The van der Waals surface area contributed by atoms with E-state index >= 15 is 0 Å². The number of ether oxygens (including phenoxy) is 2. The predicted molar refractivity (Wildman–Crippen MR) is 63.4 cm³/mol. The van der Waals surface area contributed by atoms with Gasteiger partial charge in [-0.3, -0.25) is 4.79 Å². The molecule has 0 aromatic heterocycles. The number of hydrogen-bond donors (Lipinski definition) is 1. The number of nitrogens with zero attached hydrogens (tertiary/aromatic N) is 1. The van der Waals surface area contributed by atoms with Gasteiger partial charge in [0.05, 0.1) is 7.11 Å². The van der Waals surface area contributed by atoms with Gasteiger partial charge in [-0.2, -0.15) is 0 Å². The topological polar surface area (TPSA) is 81.9 Å². The molecule has 2 N–H and O–H groups in total. The van der Waals surface area contributed by atoms with Crippen LogP contribution in [0, 0.1) is 0 Å². The molecule has 0 saturated carbocycles. The molecule has 17 heavy (non-hydrogen) atoms. The highest BCUT2D eigenvalue weighted by Gasteiger charge is 2.30. The summed E-state index contributed by atoms with van der Waals surface area (Å²) >= 11 is 0. The lowest BCUT2D eigenvalue weighted by Gasteiger charge is -2.24. The standard InChI is InChI=1S/C11H20N2O4/c1-5-8-17-10(15)13(3)7-6-11(2,12)9(14)16-4/h5H,1,6-8,12H2,2-4H3/t11-/m0/s1. The average Bonchev–Trinajstić information content (AvgIpc) is 2.31. The van der Waals surface area contributed by atoms with Gasteiger partial charge >= 0.3 is 12.1 Å². The minimum absolute atomic E-state index is 0.153. The Bertz CT molecular complexity index is 289. The summed E-state index contributed by atoms with van der Waals surface area (Å²) in [5.74, 6) is -0.509. The highest BCUT2D eigenvalue weighted by molar-refractivity contribution is 5.79. The summed E-state index contributed by atoms with van der Waals surface area (Å²) in [4.78, 5) is 24.0. The second-order valence-electron chi connectivity index (χ2n) is 3.95. The van der Waals surface area contributed by atoms with Crippen molar-refractivity contribution in [2.75, 3.05) is 27.3 Å². The van der Waals surface area contributed by atoms with Gasteiger partial charge in [0, 0.05) is 13.6 Å². The molecule has 6 nitrogen and oxygen atoms in total. The van der Waals surface area contributed by atoms with Crippen molar-refractivity contribution >= 4 is 12.1 Å². The molecule has 0 saturated heterocycles. The van der Waals surface area contributed by atoms with E-state index in [9.17, 15) is 9.59 Å². The molecule has 0 bridgehead atoms. The molecule has 0 fully saturated rings. The van der Waals surface area contributed by atoms with Crippen LogP contribution in [0.25, 0.3) is 0 Å². The SMILES string of the molecule is C=CCOC(=O)N(C)CC[C@](C)(N)C(=O)OC. The van der Waals surface area contributed by atoms with E-state index in [0.717, 1.165) is 0 Å². The van der Waals surface area contributed by atoms with Crippen LogP contribution in [0.2, 0.25) is 0 Å². The fourth-order valence-electron chi connectivity index (χ4n) is 1.07. The molecule has 0 aromatic rings.